The second-order valence-electron chi connectivity index (χ2n) is 5.42. The molecule has 1 heterocycles. The number of fused-ring (bicyclic) bond motifs is 1. The summed E-state index contributed by atoms with van der Waals surface area (Å²) in [5.41, 5.74) is 3.37. The molecule has 0 radical (unpaired) electrons. The van der Waals surface area contributed by atoms with Gasteiger partial charge in [-0.2, -0.15) is 0 Å². The van der Waals surface area contributed by atoms with Crippen LogP contribution in [-0.4, -0.2) is 42.7 Å². The van der Waals surface area contributed by atoms with E-state index in [1.807, 2.05) is 19.2 Å². The number of hydrogen-bond donors (Lipinski definition) is 2. The highest BCUT2D eigenvalue weighted by Gasteiger charge is 2.15. The third kappa shape index (κ3) is 3.81. The van der Waals surface area contributed by atoms with Gasteiger partial charge in [0.05, 0.1) is 0 Å². The van der Waals surface area contributed by atoms with E-state index in [0.29, 0.717) is 0 Å². The molecule has 0 unspecified atom stereocenters. The molecule has 0 bridgehead atoms. The summed E-state index contributed by atoms with van der Waals surface area (Å²) >= 11 is 0. The van der Waals surface area contributed by atoms with Crippen molar-refractivity contribution < 1.29 is 9.90 Å². The van der Waals surface area contributed by atoms with E-state index in [0.717, 1.165) is 50.9 Å². The van der Waals surface area contributed by atoms with Gasteiger partial charge in [-0.15, -0.1) is 0 Å². The zero-order chi connectivity index (χ0) is 14.4. The van der Waals surface area contributed by atoms with Crippen molar-refractivity contribution in [3.63, 3.8) is 0 Å². The highest BCUT2D eigenvalue weighted by atomic mass is 16.2. The summed E-state index contributed by atoms with van der Waals surface area (Å²) in [4.78, 5) is 14.1. The van der Waals surface area contributed by atoms with E-state index >= 15 is 0 Å². The molecule has 1 aliphatic rings. The third-order valence-electron chi connectivity index (χ3n) is 3.84. The molecule has 0 saturated heterocycles. The number of benzene rings is 1. The van der Waals surface area contributed by atoms with Crippen LogP contribution in [0.1, 0.15) is 40.7 Å². The summed E-state index contributed by atoms with van der Waals surface area (Å²) in [6.45, 7) is 2.85. The minimum absolute atomic E-state index is 0.0855. The van der Waals surface area contributed by atoms with Crippen molar-refractivity contribution in [2.45, 2.75) is 32.2 Å². The Hall–Kier alpha value is -1.39. The maximum atomic E-state index is 12.4. The Balaban J connectivity index is 1.94. The number of aliphatic hydroxyl groups excluding tert-OH is 1. The van der Waals surface area contributed by atoms with Gasteiger partial charge in [-0.25, -0.2) is 0 Å². The van der Waals surface area contributed by atoms with E-state index in [1.165, 1.54) is 11.1 Å². The van der Waals surface area contributed by atoms with Crippen molar-refractivity contribution in [2.75, 3.05) is 26.7 Å². The van der Waals surface area contributed by atoms with Crippen molar-refractivity contribution in [1.29, 1.82) is 0 Å². The van der Waals surface area contributed by atoms with Gasteiger partial charge in [-0.3, -0.25) is 4.79 Å². The van der Waals surface area contributed by atoms with Gasteiger partial charge in [0.25, 0.3) is 5.91 Å². The Bertz CT molecular complexity index is 460. The van der Waals surface area contributed by atoms with E-state index in [4.69, 9.17) is 5.11 Å². The molecule has 0 atom stereocenters. The van der Waals surface area contributed by atoms with Crippen molar-refractivity contribution in [1.82, 2.24) is 10.2 Å². The average molecular weight is 276 g/mol. The van der Waals surface area contributed by atoms with Crippen LogP contribution in [0.4, 0.5) is 0 Å². The molecule has 0 fully saturated rings. The monoisotopic (exact) mass is 276 g/mol. The summed E-state index contributed by atoms with van der Waals surface area (Å²) in [6, 6.07) is 6.05. The largest absolute Gasteiger partial charge is 0.396 e. The Kier molecular flexibility index (Phi) is 5.56. The van der Waals surface area contributed by atoms with Crippen LogP contribution >= 0.6 is 0 Å². The predicted molar refractivity (Wildman–Crippen MR) is 79.8 cm³/mol. The summed E-state index contributed by atoms with van der Waals surface area (Å²) < 4.78 is 0. The van der Waals surface area contributed by atoms with E-state index in [-0.39, 0.29) is 12.5 Å². The lowest BCUT2D eigenvalue weighted by Crippen LogP contribution is -2.29. The van der Waals surface area contributed by atoms with E-state index < -0.39 is 0 Å². The molecule has 1 aromatic rings. The molecule has 0 aliphatic carbocycles. The second kappa shape index (κ2) is 7.41. The van der Waals surface area contributed by atoms with Crippen LogP contribution in [0.15, 0.2) is 18.2 Å². The van der Waals surface area contributed by atoms with Crippen molar-refractivity contribution >= 4 is 5.91 Å². The van der Waals surface area contributed by atoms with E-state index in [1.54, 1.807) is 4.90 Å². The second-order valence-corrected chi connectivity index (χ2v) is 5.42. The fourth-order valence-corrected chi connectivity index (χ4v) is 2.57. The molecular weight excluding hydrogens is 252 g/mol. The number of rotatable bonds is 6. The first-order valence-electron chi connectivity index (χ1n) is 7.41. The number of nitrogens with zero attached hydrogens (tertiary/aromatic N) is 1. The molecule has 2 rings (SSSR count). The van der Waals surface area contributed by atoms with Gasteiger partial charge in [-0.05, 0) is 55.5 Å². The molecular formula is C16H24N2O2. The van der Waals surface area contributed by atoms with Crippen LogP contribution in [-0.2, 0) is 13.0 Å². The van der Waals surface area contributed by atoms with Crippen LogP contribution in [0.25, 0.3) is 0 Å². The van der Waals surface area contributed by atoms with Gasteiger partial charge in [-0.1, -0.05) is 6.07 Å². The number of aliphatic hydroxyl groups is 1. The average Bonchev–Trinajstić information content (AvgIpc) is 2.50. The van der Waals surface area contributed by atoms with Gasteiger partial charge in [0.1, 0.15) is 0 Å². The van der Waals surface area contributed by atoms with E-state index in [2.05, 4.69) is 11.4 Å². The summed E-state index contributed by atoms with van der Waals surface area (Å²) in [6.07, 6.45) is 3.75. The standard InChI is InChI=1S/C16H24N2O2/c1-18(9-3-2-4-10-19)16(20)14-6-5-13-7-8-17-12-15(13)11-14/h5-6,11,17,19H,2-4,7-10,12H2,1H3. The highest BCUT2D eigenvalue weighted by Crippen LogP contribution is 2.17. The number of nitrogens with one attached hydrogen (secondary N) is 1. The van der Waals surface area contributed by atoms with Crippen LogP contribution in [0.5, 0.6) is 0 Å². The van der Waals surface area contributed by atoms with Gasteiger partial charge < -0.3 is 15.3 Å². The fourth-order valence-electron chi connectivity index (χ4n) is 2.57. The molecule has 1 aromatic carbocycles. The number of carbonyl (C=O) groups excluding carboxylic acids is 1. The fraction of sp³-hybridized carbons (Fsp3) is 0.562. The van der Waals surface area contributed by atoms with Crippen LogP contribution in [0.3, 0.4) is 0 Å². The Morgan fingerprint density at radius 2 is 2.15 bits per heavy atom. The number of amides is 1. The van der Waals surface area contributed by atoms with Gasteiger partial charge in [0.2, 0.25) is 0 Å². The zero-order valence-corrected chi connectivity index (χ0v) is 12.2. The molecule has 20 heavy (non-hydrogen) atoms. The van der Waals surface area contributed by atoms with Crippen molar-refractivity contribution in [2.24, 2.45) is 0 Å². The van der Waals surface area contributed by atoms with Gasteiger partial charge in [0, 0.05) is 32.3 Å². The molecule has 1 aliphatic heterocycles. The minimum Gasteiger partial charge on any atom is -0.396 e. The molecule has 2 N–H and O–H groups in total. The lowest BCUT2D eigenvalue weighted by atomic mass is 9.98. The Morgan fingerprint density at radius 3 is 2.95 bits per heavy atom. The van der Waals surface area contributed by atoms with Crippen LogP contribution < -0.4 is 5.32 Å². The molecule has 1 amide bonds. The normalized spacial score (nSPS) is 13.9. The summed E-state index contributed by atoms with van der Waals surface area (Å²) in [5, 5.41) is 12.1. The minimum atomic E-state index is 0.0855. The zero-order valence-electron chi connectivity index (χ0n) is 12.2. The maximum Gasteiger partial charge on any atom is 0.253 e. The first-order chi connectivity index (χ1) is 9.72. The maximum absolute atomic E-state index is 12.4. The highest BCUT2D eigenvalue weighted by molar-refractivity contribution is 5.94. The SMILES string of the molecule is CN(CCCCCO)C(=O)c1ccc2c(c1)CNCC2. The molecule has 0 aromatic heterocycles. The first-order valence-corrected chi connectivity index (χ1v) is 7.41. The summed E-state index contributed by atoms with van der Waals surface area (Å²) in [5.74, 6) is 0.0855. The van der Waals surface area contributed by atoms with Crippen molar-refractivity contribution in [3.8, 4) is 0 Å². The van der Waals surface area contributed by atoms with Crippen molar-refractivity contribution in [3.05, 3.63) is 34.9 Å². The lowest BCUT2D eigenvalue weighted by molar-refractivity contribution is 0.0792. The molecule has 4 heteroatoms. The quantitative estimate of drug-likeness (QED) is 0.775. The summed E-state index contributed by atoms with van der Waals surface area (Å²) in [7, 11) is 1.85. The molecule has 0 saturated carbocycles. The predicted octanol–water partition coefficient (Wildman–Crippen LogP) is 1.57. The number of carbonyl (C=O) groups is 1. The molecule has 0 spiro atoms. The Labute approximate surface area is 120 Å². The van der Waals surface area contributed by atoms with Gasteiger partial charge >= 0.3 is 0 Å². The lowest BCUT2D eigenvalue weighted by Gasteiger charge is -2.20. The molecule has 110 valence electrons. The topological polar surface area (TPSA) is 52.6 Å². The van der Waals surface area contributed by atoms with Gasteiger partial charge in [0.15, 0.2) is 0 Å². The van der Waals surface area contributed by atoms with Crippen LogP contribution in [0.2, 0.25) is 0 Å². The van der Waals surface area contributed by atoms with Crippen LogP contribution in [0, 0.1) is 0 Å². The molecule has 4 nitrogen and oxygen atoms in total. The third-order valence-corrected chi connectivity index (χ3v) is 3.84. The smallest absolute Gasteiger partial charge is 0.253 e. The number of hydrogen-bond acceptors (Lipinski definition) is 3. The van der Waals surface area contributed by atoms with E-state index in [9.17, 15) is 4.79 Å². The number of unbranched alkanes of at least 4 members (excludes halogenated alkanes) is 2. The first kappa shape index (κ1) is 15.0. The Morgan fingerprint density at radius 1 is 1.30 bits per heavy atom.